The first-order valence-electron chi connectivity index (χ1n) is 5.69. The number of carboxylic acids is 1. The van der Waals surface area contributed by atoms with Crippen molar-refractivity contribution in [1.29, 1.82) is 0 Å². The molecule has 0 saturated heterocycles. The number of amides is 2. The van der Waals surface area contributed by atoms with Crippen LogP contribution >= 0.6 is 0 Å². The smallest absolute Gasteiger partial charge is 0.329 e. The fraction of sp³-hybridized carbons (Fsp3) is 0.727. The van der Waals surface area contributed by atoms with E-state index in [9.17, 15) is 14.4 Å². The summed E-state index contributed by atoms with van der Waals surface area (Å²) >= 11 is 0. The van der Waals surface area contributed by atoms with E-state index in [4.69, 9.17) is 9.84 Å². The van der Waals surface area contributed by atoms with E-state index >= 15 is 0 Å². The molecule has 18 heavy (non-hydrogen) atoms. The highest BCUT2D eigenvalue weighted by Crippen LogP contribution is 2.01. The van der Waals surface area contributed by atoms with Crippen molar-refractivity contribution in [2.75, 3.05) is 19.8 Å². The van der Waals surface area contributed by atoms with Crippen LogP contribution in [-0.4, -0.2) is 48.7 Å². The molecule has 1 unspecified atom stereocenters. The maximum absolute atomic E-state index is 11.7. The van der Waals surface area contributed by atoms with Crippen molar-refractivity contribution in [3.63, 3.8) is 0 Å². The van der Waals surface area contributed by atoms with Gasteiger partial charge in [0.2, 0.25) is 11.8 Å². The zero-order valence-corrected chi connectivity index (χ0v) is 10.9. The normalized spacial score (nSPS) is 12.0. The van der Waals surface area contributed by atoms with Gasteiger partial charge in [-0.2, -0.15) is 0 Å². The molecule has 0 aromatic rings. The topological polar surface area (TPSA) is 105 Å². The quantitative estimate of drug-likeness (QED) is 0.504. The molecule has 2 amide bonds. The third-order valence-corrected chi connectivity index (χ3v) is 2.08. The number of carbonyl (C=O) groups is 3. The summed E-state index contributed by atoms with van der Waals surface area (Å²) in [5.41, 5.74) is 0. The van der Waals surface area contributed by atoms with E-state index in [0.717, 1.165) is 0 Å². The van der Waals surface area contributed by atoms with Crippen molar-refractivity contribution in [3.8, 4) is 0 Å². The highest BCUT2D eigenvalue weighted by Gasteiger charge is 2.22. The van der Waals surface area contributed by atoms with Gasteiger partial charge >= 0.3 is 5.97 Å². The third-order valence-electron chi connectivity index (χ3n) is 2.08. The fourth-order valence-corrected chi connectivity index (χ4v) is 1.27. The number of nitrogens with one attached hydrogen (secondary N) is 2. The molecule has 0 fully saturated rings. The Morgan fingerprint density at radius 1 is 1.28 bits per heavy atom. The molecular weight excluding hydrogens is 240 g/mol. The summed E-state index contributed by atoms with van der Waals surface area (Å²) in [6.45, 7) is 4.91. The molecule has 0 spiro atoms. The van der Waals surface area contributed by atoms with Crippen molar-refractivity contribution in [3.05, 3.63) is 0 Å². The number of carboxylic acid groups (broad SMARTS) is 1. The van der Waals surface area contributed by atoms with Crippen LogP contribution in [0.25, 0.3) is 0 Å². The van der Waals surface area contributed by atoms with E-state index in [2.05, 4.69) is 10.6 Å². The zero-order chi connectivity index (χ0) is 14.1. The van der Waals surface area contributed by atoms with Crippen LogP contribution in [0.3, 0.4) is 0 Å². The number of hydrogen-bond acceptors (Lipinski definition) is 4. The summed E-state index contributed by atoms with van der Waals surface area (Å²) in [5, 5.41) is 13.4. The second kappa shape index (κ2) is 8.46. The van der Waals surface area contributed by atoms with Gasteiger partial charge in [-0.3, -0.25) is 9.59 Å². The maximum Gasteiger partial charge on any atom is 0.329 e. The van der Waals surface area contributed by atoms with Crippen molar-refractivity contribution < 1.29 is 24.2 Å². The van der Waals surface area contributed by atoms with E-state index in [1.165, 1.54) is 6.92 Å². The number of aliphatic carboxylic acids is 1. The molecule has 7 heteroatoms. The van der Waals surface area contributed by atoms with Crippen molar-refractivity contribution >= 4 is 17.8 Å². The molecule has 0 heterocycles. The van der Waals surface area contributed by atoms with Crippen molar-refractivity contribution in [1.82, 2.24) is 10.6 Å². The molecule has 1 atom stereocenters. The minimum Gasteiger partial charge on any atom is -0.480 e. The van der Waals surface area contributed by atoms with E-state index in [1.807, 2.05) is 13.8 Å². The molecule has 0 aliphatic rings. The van der Waals surface area contributed by atoms with Crippen LogP contribution in [0.1, 0.15) is 20.8 Å². The minimum atomic E-state index is -1.06. The molecule has 0 aromatic carbocycles. The van der Waals surface area contributed by atoms with Gasteiger partial charge in [0.05, 0.1) is 6.61 Å². The summed E-state index contributed by atoms with van der Waals surface area (Å²) < 4.78 is 4.77. The van der Waals surface area contributed by atoms with Crippen LogP contribution in [0, 0.1) is 5.92 Å². The number of hydrogen-bond donors (Lipinski definition) is 3. The summed E-state index contributed by atoms with van der Waals surface area (Å²) in [7, 11) is 0. The molecule has 7 nitrogen and oxygen atoms in total. The highest BCUT2D eigenvalue weighted by atomic mass is 16.5. The lowest BCUT2D eigenvalue weighted by molar-refractivity contribution is -0.142. The summed E-state index contributed by atoms with van der Waals surface area (Å²) in [6, 6.07) is -0.595. The molecule has 0 bridgehead atoms. The minimum absolute atomic E-state index is 0.0335. The predicted octanol–water partition coefficient (Wildman–Crippen LogP) is -0.635. The molecule has 0 rings (SSSR count). The average molecular weight is 260 g/mol. The Balaban J connectivity index is 3.96. The summed E-state index contributed by atoms with van der Waals surface area (Å²) in [5.74, 6) is -1.67. The standard InChI is InChI=1S/C11H20N2O5/c1-7(2)10(13-8(3)14)11(17)12-4-5-18-6-9(15)16/h7,10H,4-6H2,1-3H3,(H,12,17)(H,13,14)(H,15,16). The van der Waals surface area contributed by atoms with E-state index < -0.39 is 18.6 Å². The molecule has 3 N–H and O–H groups in total. The summed E-state index contributed by atoms with van der Waals surface area (Å²) in [6.07, 6.45) is 0. The van der Waals surface area contributed by atoms with Crippen LogP contribution in [0.4, 0.5) is 0 Å². The van der Waals surface area contributed by atoms with Gasteiger partial charge in [0, 0.05) is 13.5 Å². The zero-order valence-electron chi connectivity index (χ0n) is 10.9. The maximum atomic E-state index is 11.7. The van der Waals surface area contributed by atoms with Crippen LogP contribution in [0.5, 0.6) is 0 Å². The lowest BCUT2D eigenvalue weighted by Crippen LogP contribution is -2.49. The van der Waals surface area contributed by atoms with Gasteiger partial charge in [-0.25, -0.2) is 4.79 Å². The molecular formula is C11H20N2O5. The Morgan fingerprint density at radius 3 is 2.33 bits per heavy atom. The first-order valence-corrected chi connectivity index (χ1v) is 5.69. The van der Waals surface area contributed by atoms with Gasteiger partial charge in [-0.05, 0) is 5.92 Å². The average Bonchev–Trinajstić information content (AvgIpc) is 2.24. The van der Waals surface area contributed by atoms with E-state index in [0.29, 0.717) is 0 Å². The van der Waals surface area contributed by atoms with Gasteiger partial charge < -0.3 is 20.5 Å². The summed E-state index contributed by atoms with van der Waals surface area (Å²) in [4.78, 5) is 32.8. The molecule has 0 aliphatic heterocycles. The van der Waals surface area contributed by atoms with Gasteiger partial charge in [-0.15, -0.1) is 0 Å². The SMILES string of the molecule is CC(=O)NC(C(=O)NCCOCC(=O)O)C(C)C. The van der Waals surface area contributed by atoms with Gasteiger partial charge in [0.25, 0.3) is 0 Å². The van der Waals surface area contributed by atoms with Crippen LogP contribution in [-0.2, 0) is 19.1 Å². The van der Waals surface area contributed by atoms with E-state index in [1.54, 1.807) is 0 Å². The number of ether oxygens (including phenoxy) is 1. The van der Waals surface area contributed by atoms with Crippen LogP contribution in [0.2, 0.25) is 0 Å². The van der Waals surface area contributed by atoms with Crippen molar-refractivity contribution in [2.45, 2.75) is 26.8 Å². The molecule has 0 saturated carbocycles. The molecule has 104 valence electrons. The van der Waals surface area contributed by atoms with E-state index in [-0.39, 0.29) is 30.9 Å². The molecule has 0 aliphatic carbocycles. The molecule has 0 aromatic heterocycles. The van der Waals surface area contributed by atoms with Gasteiger partial charge in [0.1, 0.15) is 12.6 Å². The first kappa shape index (κ1) is 16.4. The third kappa shape index (κ3) is 7.61. The first-order chi connectivity index (χ1) is 8.34. The monoisotopic (exact) mass is 260 g/mol. The van der Waals surface area contributed by atoms with Gasteiger partial charge in [-0.1, -0.05) is 13.8 Å². The van der Waals surface area contributed by atoms with Crippen LogP contribution < -0.4 is 10.6 Å². The lowest BCUT2D eigenvalue weighted by Gasteiger charge is -2.20. The van der Waals surface area contributed by atoms with Crippen molar-refractivity contribution in [2.24, 2.45) is 5.92 Å². The Hall–Kier alpha value is -1.63. The second-order valence-corrected chi connectivity index (χ2v) is 4.16. The highest BCUT2D eigenvalue weighted by molar-refractivity contribution is 5.86. The fourth-order valence-electron chi connectivity index (χ4n) is 1.27. The Labute approximate surface area is 106 Å². The largest absolute Gasteiger partial charge is 0.480 e. The number of carbonyl (C=O) groups excluding carboxylic acids is 2. The lowest BCUT2D eigenvalue weighted by atomic mass is 10.0. The van der Waals surface area contributed by atoms with Gasteiger partial charge in [0.15, 0.2) is 0 Å². The number of rotatable bonds is 8. The Bertz CT molecular complexity index is 304. The van der Waals surface area contributed by atoms with Crippen LogP contribution in [0.15, 0.2) is 0 Å². The predicted molar refractivity (Wildman–Crippen MR) is 63.9 cm³/mol. The Kier molecular flexibility index (Phi) is 7.69. The Morgan fingerprint density at radius 2 is 1.89 bits per heavy atom. The second-order valence-electron chi connectivity index (χ2n) is 4.16. The molecule has 0 radical (unpaired) electrons.